The zero-order valence-electron chi connectivity index (χ0n) is 9.03. The zero-order chi connectivity index (χ0) is 10.7. The molecule has 0 unspecified atom stereocenters. The van der Waals surface area contributed by atoms with Crippen molar-refractivity contribution in [1.82, 2.24) is 4.90 Å². The van der Waals surface area contributed by atoms with E-state index in [4.69, 9.17) is 0 Å². The second-order valence-corrected chi connectivity index (χ2v) is 4.73. The topological polar surface area (TPSA) is 3.24 Å². The predicted molar refractivity (Wildman–Crippen MR) is 66.0 cm³/mol. The maximum absolute atomic E-state index is 3.11. The number of nitrogens with zero attached hydrogens (tertiary/aromatic N) is 1. The quantitative estimate of drug-likeness (QED) is 0.761. The minimum atomic E-state index is 0.997. The molecule has 0 aliphatic heterocycles. The van der Waals surface area contributed by atoms with Gasteiger partial charge in [0.1, 0.15) is 0 Å². The molecule has 0 atom stereocenters. The van der Waals surface area contributed by atoms with Gasteiger partial charge in [-0.3, -0.25) is 0 Å². The van der Waals surface area contributed by atoms with Crippen molar-refractivity contribution in [2.45, 2.75) is 6.54 Å². The Kier molecular flexibility index (Phi) is 3.19. The predicted octanol–water partition coefficient (Wildman–Crippen LogP) is 3.28. The minimum Gasteiger partial charge on any atom is -0.305 e. The summed E-state index contributed by atoms with van der Waals surface area (Å²) in [7, 11) is 4.17. The van der Waals surface area contributed by atoms with Crippen molar-refractivity contribution in [3.63, 3.8) is 0 Å². The van der Waals surface area contributed by atoms with Crippen LogP contribution in [0.5, 0.6) is 0 Å². The summed E-state index contributed by atoms with van der Waals surface area (Å²) in [6.45, 7) is 0.997. The second-order valence-electron chi connectivity index (χ2n) is 3.85. The monoisotopic (exact) mass is 216 g/mol. The average Bonchev–Trinajstić information content (AvgIpc) is 2.71. The molecular weight excluding hydrogens is 202 g/mol. The highest BCUT2D eigenvalue weighted by Crippen LogP contribution is 2.24. The van der Waals surface area contributed by atoms with Crippen LogP contribution in [0, 0.1) is 5.38 Å². The van der Waals surface area contributed by atoms with E-state index in [1.807, 2.05) is 6.07 Å². The normalized spacial score (nSPS) is 10.9. The smallest absolute Gasteiger partial charge is 0.0449 e. The highest BCUT2D eigenvalue weighted by Gasteiger charge is 1.99. The van der Waals surface area contributed by atoms with Gasteiger partial charge in [-0.1, -0.05) is 24.3 Å². The van der Waals surface area contributed by atoms with Gasteiger partial charge in [0, 0.05) is 16.8 Å². The van der Waals surface area contributed by atoms with Gasteiger partial charge in [0.2, 0.25) is 0 Å². The minimum absolute atomic E-state index is 0.997. The summed E-state index contributed by atoms with van der Waals surface area (Å²) in [5, 5.41) is 3.11. The highest BCUT2D eigenvalue weighted by atomic mass is 32.1. The molecule has 2 aromatic rings. The van der Waals surface area contributed by atoms with Crippen molar-refractivity contribution in [3.05, 3.63) is 47.3 Å². The molecule has 1 nitrogen and oxygen atoms in total. The highest BCUT2D eigenvalue weighted by molar-refractivity contribution is 7.13. The first kappa shape index (κ1) is 10.4. The Morgan fingerprint density at radius 1 is 1.13 bits per heavy atom. The van der Waals surface area contributed by atoms with Gasteiger partial charge in [0.05, 0.1) is 0 Å². The van der Waals surface area contributed by atoms with E-state index in [0.717, 1.165) is 6.54 Å². The molecule has 1 aromatic heterocycles. The molecule has 0 N–H and O–H groups in total. The summed E-state index contributed by atoms with van der Waals surface area (Å²) in [5.74, 6) is 0. The number of thiophene rings is 1. The maximum atomic E-state index is 3.11. The summed E-state index contributed by atoms with van der Waals surface area (Å²) < 4.78 is 0. The summed E-state index contributed by atoms with van der Waals surface area (Å²) in [6.07, 6.45) is 0. The van der Waals surface area contributed by atoms with Gasteiger partial charge < -0.3 is 4.90 Å². The summed E-state index contributed by atoms with van der Waals surface area (Å²) >= 11 is 1.66. The second kappa shape index (κ2) is 4.60. The van der Waals surface area contributed by atoms with Crippen LogP contribution in [0.4, 0.5) is 0 Å². The standard InChI is InChI=1S/C13H14NS/c1-14(2)10-11-5-7-12(8-6-11)13-4-3-9-15-13/h3-8H,10H2,1-2H3. The maximum Gasteiger partial charge on any atom is 0.0449 e. The molecule has 0 aliphatic carbocycles. The Bertz CT molecular complexity index is 401. The van der Waals surface area contributed by atoms with Gasteiger partial charge in [-0.05, 0) is 37.4 Å². The van der Waals surface area contributed by atoms with E-state index in [9.17, 15) is 0 Å². The largest absolute Gasteiger partial charge is 0.305 e. The third-order valence-corrected chi connectivity index (χ3v) is 3.05. The lowest BCUT2D eigenvalue weighted by Crippen LogP contribution is -2.10. The van der Waals surface area contributed by atoms with Crippen molar-refractivity contribution in [1.29, 1.82) is 0 Å². The average molecular weight is 216 g/mol. The fourth-order valence-corrected chi connectivity index (χ4v) is 2.19. The number of rotatable bonds is 3. The van der Waals surface area contributed by atoms with Gasteiger partial charge in [-0.2, -0.15) is 0 Å². The summed E-state index contributed by atoms with van der Waals surface area (Å²) in [6, 6.07) is 12.8. The van der Waals surface area contributed by atoms with E-state index in [-0.39, 0.29) is 0 Å². The molecule has 0 spiro atoms. The van der Waals surface area contributed by atoms with Crippen molar-refractivity contribution in [2.24, 2.45) is 0 Å². The molecule has 77 valence electrons. The first-order chi connectivity index (χ1) is 7.25. The molecule has 1 heterocycles. The van der Waals surface area contributed by atoms with E-state index >= 15 is 0 Å². The van der Waals surface area contributed by atoms with E-state index in [0.29, 0.717) is 0 Å². The molecule has 2 heteroatoms. The SMILES string of the molecule is CN(C)Cc1ccc(-c2cc[c]s2)cc1. The first-order valence-electron chi connectivity index (χ1n) is 4.95. The summed E-state index contributed by atoms with van der Waals surface area (Å²) in [5.41, 5.74) is 2.63. The lowest BCUT2D eigenvalue weighted by atomic mass is 10.1. The third kappa shape index (κ3) is 2.67. The van der Waals surface area contributed by atoms with Crippen LogP contribution in [0.3, 0.4) is 0 Å². The number of hydrogen-bond donors (Lipinski definition) is 0. The molecular formula is C13H14NS. The van der Waals surface area contributed by atoms with Crippen molar-refractivity contribution in [2.75, 3.05) is 14.1 Å². The molecule has 0 saturated heterocycles. The third-order valence-electron chi connectivity index (χ3n) is 2.21. The van der Waals surface area contributed by atoms with Crippen LogP contribution in [0.25, 0.3) is 10.4 Å². The van der Waals surface area contributed by atoms with Crippen LogP contribution in [-0.4, -0.2) is 19.0 Å². The van der Waals surface area contributed by atoms with Crippen LogP contribution in [0.1, 0.15) is 5.56 Å². The van der Waals surface area contributed by atoms with Crippen molar-refractivity contribution < 1.29 is 0 Å². The molecule has 0 saturated carbocycles. The molecule has 0 amide bonds. The van der Waals surface area contributed by atoms with E-state index in [2.05, 4.69) is 54.7 Å². The zero-order valence-corrected chi connectivity index (χ0v) is 9.84. The van der Waals surface area contributed by atoms with E-state index in [1.165, 1.54) is 16.0 Å². The number of hydrogen-bond acceptors (Lipinski definition) is 2. The van der Waals surface area contributed by atoms with Gasteiger partial charge in [0.15, 0.2) is 0 Å². The molecule has 15 heavy (non-hydrogen) atoms. The molecule has 1 radical (unpaired) electrons. The van der Waals surface area contributed by atoms with Gasteiger partial charge >= 0.3 is 0 Å². The Labute approximate surface area is 95.0 Å². The molecule has 1 aromatic carbocycles. The van der Waals surface area contributed by atoms with Crippen LogP contribution in [0.15, 0.2) is 36.4 Å². The lowest BCUT2D eigenvalue weighted by molar-refractivity contribution is 0.402. The summed E-state index contributed by atoms with van der Waals surface area (Å²) in [4.78, 5) is 3.46. The molecule has 0 fully saturated rings. The van der Waals surface area contributed by atoms with Crippen LogP contribution < -0.4 is 0 Å². The van der Waals surface area contributed by atoms with Gasteiger partial charge in [-0.25, -0.2) is 0 Å². The van der Waals surface area contributed by atoms with Crippen LogP contribution in [-0.2, 0) is 6.54 Å². The van der Waals surface area contributed by atoms with Gasteiger partial charge in [-0.15, -0.1) is 11.3 Å². The Hall–Kier alpha value is -1.12. The van der Waals surface area contributed by atoms with Gasteiger partial charge in [0.25, 0.3) is 0 Å². The fraction of sp³-hybridized carbons (Fsp3) is 0.231. The Morgan fingerprint density at radius 2 is 1.87 bits per heavy atom. The van der Waals surface area contributed by atoms with Crippen LogP contribution >= 0.6 is 11.3 Å². The molecule has 0 bridgehead atoms. The fourth-order valence-electron chi connectivity index (χ4n) is 1.54. The van der Waals surface area contributed by atoms with Crippen molar-refractivity contribution in [3.8, 4) is 10.4 Å². The van der Waals surface area contributed by atoms with E-state index in [1.54, 1.807) is 11.3 Å². The first-order valence-corrected chi connectivity index (χ1v) is 5.77. The van der Waals surface area contributed by atoms with Crippen molar-refractivity contribution >= 4 is 11.3 Å². The number of benzene rings is 1. The molecule has 0 aliphatic rings. The lowest BCUT2D eigenvalue weighted by Gasteiger charge is -2.09. The Balaban J connectivity index is 2.17. The Morgan fingerprint density at radius 3 is 2.40 bits per heavy atom. The molecule has 2 rings (SSSR count). The van der Waals surface area contributed by atoms with Crippen LogP contribution in [0.2, 0.25) is 0 Å². The van der Waals surface area contributed by atoms with E-state index < -0.39 is 0 Å².